The first-order valence-electron chi connectivity index (χ1n) is 14.6. The van der Waals surface area contributed by atoms with E-state index in [2.05, 4.69) is 52.6 Å². The molecule has 7 rings (SSSR count). The number of hydrogen-bond donors (Lipinski definition) is 0. The molecule has 5 aromatic rings. The van der Waals surface area contributed by atoms with Crippen LogP contribution in [0.5, 0.6) is 5.75 Å². The SMILES string of the molecule is C=[N+]1N=C(Cc2ccccc2)OC12C(Oc1c(C)cc(C)cc1C(C)(C)C)C(=O)[n+]1cccc3ccc4ccc[n+]2c4c31. The summed E-state index contributed by atoms with van der Waals surface area (Å²) < 4.78 is 19.1. The summed E-state index contributed by atoms with van der Waals surface area (Å²) in [6.07, 6.45) is 2.99. The molecule has 7 heteroatoms. The highest BCUT2D eigenvalue weighted by atomic mass is 16.6. The van der Waals surface area contributed by atoms with E-state index < -0.39 is 12.0 Å². The Balaban J connectivity index is 1.50. The number of pyridine rings is 2. The molecule has 7 nitrogen and oxygen atoms in total. The fourth-order valence-electron chi connectivity index (χ4n) is 6.43. The average molecular weight is 572 g/mol. The van der Waals surface area contributed by atoms with Gasteiger partial charge in [0.1, 0.15) is 5.75 Å². The van der Waals surface area contributed by atoms with Crippen molar-refractivity contribution < 1.29 is 28.1 Å². The van der Waals surface area contributed by atoms with E-state index in [4.69, 9.17) is 14.6 Å². The van der Waals surface area contributed by atoms with E-state index in [-0.39, 0.29) is 11.3 Å². The van der Waals surface area contributed by atoms with E-state index in [1.54, 1.807) is 10.8 Å². The van der Waals surface area contributed by atoms with Crippen LogP contribution in [0.4, 0.5) is 0 Å². The van der Waals surface area contributed by atoms with Gasteiger partial charge in [0.25, 0.3) is 16.9 Å². The molecule has 0 radical (unpaired) electrons. The van der Waals surface area contributed by atoms with Crippen LogP contribution in [0.25, 0.3) is 21.8 Å². The molecule has 0 amide bonds. The molecule has 0 aliphatic carbocycles. The van der Waals surface area contributed by atoms with Crippen LogP contribution in [0.15, 0.2) is 96.4 Å². The van der Waals surface area contributed by atoms with E-state index in [1.165, 1.54) is 4.68 Å². The summed E-state index contributed by atoms with van der Waals surface area (Å²) in [5.41, 5.74) is 5.50. The highest BCUT2D eigenvalue weighted by Crippen LogP contribution is 2.39. The minimum absolute atomic E-state index is 0.244. The maximum absolute atomic E-state index is 14.9. The Bertz CT molecular complexity index is 2010. The molecule has 1 spiro atoms. The van der Waals surface area contributed by atoms with Crippen LogP contribution in [0, 0.1) is 13.8 Å². The zero-order valence-corrected chi connectivity index (χ0v) is 25.2. The number of ether oxygens (including phenoxy) is 2. The molecule has 0 fully saturated rings. The molecule has 3 aromatic carbocycles. The van der Waals surface area contributed by atoms with Gasteiger partial charge in [0.15, 0.2) is 19.1 Å². The summed E-state index contributed by atoms with van der Waals surface area (Å²) in [5, 5.41) is 6.69. The van der Waals surface area contributed by atoms with E-state index in [0.29, 0.717) is 18.1 Å². The van der Waals surface area contributed by atoms with Gasteiger partial charge < -0.3 is 9.47 Å². The summed E-state index contributed by atoms with van der Waals surface area (Å²) in [4.78, 5) is 14.9. The zero-order chi connectivity index (χ0) is 30.1. The lowest BCUT2D eigenvalue weighted by Gasteiger charge is -2.28. The van der Waals surface area contributed by atoms with Crippen molar-refractivity contribution in [1.29, 1.82) is 0 Å². The predicted molar refractivity (Wildman–Crippen MR) is 166 cm³/mol. The lowest BCUT2D eigenvalue weighted by Crippen LogP contribution is -2.72. The van der Waals surface area contributed by atoms with Crippen LogP contribution in [0.3, 0.4) is 0 Å². The molecule has 4 heterocycles. The zero-order valence-electron chi connectivity index (χ0n) is 25.2. The Morgan fingerprint density at radius 3 is 2.35 bits per heavy atom. The molecule has 2 aromatic heterocycles. The molecular formula is C36H35N4O3+3. The van der Waals surface area contributed by atoms with Gasteiger partial charge in [-0.2, -0.15) is 0 Å². The van der Waals surface area contributed by atoms with Crippen molar-refractivity contribution in [2.45, 2.75) is 58.4 Å². The molecular weight excluding hydrogens is 536 g/mol. The number of fused-ring (bicyclic) bond motifs is 1. The van der Waals surface area contributed by atoms with Gasteiger partial charge in [-0.15, -0.1) is 4.57 Å². The van der Waals surface area contributed by atoms with Crippen molar-refractivity contribution in [1.82, 2.24) is 0 Å². The molecule has 2 unspecified atom stereocenters. The Kier molecular flexibility index (Phi) is 5.99. The van der Waals surface area contributed by atoms with Gasteiger partial charge in [-0.05, 0) is 54.7 Å². The van der Waals surface area contributed by atoms with Crippen molar-refractivity contribution in [3.63, 3.8) is 0 Å². The van der Waals surface area contributed by atoms with Gasteiger partial charge in [0.2, 0.25) is 0 Å². The smallest absolute Gasteiger partial charge is 0.459 e. The third-order valence-corrected chi connectivity index (χ3v) is 8.40. The normalized spacial score (nSPS) is 19.7. The summed E-state index contributed by atoms with van der Waals surface area (Å²) in [6.45, 7) is 14.9. The molecule has 2 atom stereocenters. The Morgan fingerprint density at radius 1 is 0.930 bits per heavy atom. The van der Waals surface area contributed by atoms with Gasteiger partial charge in [-0.3, -0.25) is 0 Å². The number of nitrogens with zero attached hydrogens (tertiary/aromatic N) is 4. The molecule has 0 N–H and O–H groups in total. The summed E-state index contributed by atoms with van der Waals surface area (Å²) in [7, 11) is 0. The number of carbonyl (C=O) groups is 1. The lowest BCUT2D eigenvalue weighted by molar-refractivity contribution is -0.957. The summed E-state index contributed by atoms with van der Waals surface area (Å²) >= 11 is 0. The van der Waals surface area contributed by atoms with Crippen LogP contribution < -0.4 is 13.9 Å². The highest BCUT2D eigenvalue weighted by molar-refractivity contribution is 6.01. The minimum Gasteiger partial charge on any atom is -0.459 e. The van der Waals surface area contributed by atoms with Crippen molar-refractivity contribution in [2.24, 2.45) is 5.10 Å². The number of carbonyl (C=O) groups excluding carboxylic acids is 1. The van der Waals surface area contributed by atoms with E-state index in [0.717, 1.165) is 44.1 Å². The predicted octanol–water partition coefficient (Wildman–Crippen LogP) is 5.49. The molecule has 214 valence electrons. The van der Waals surface area contributed by atoms with Gasteiger partial charge >= 0.3 is 17.9 Å². The van der Waals surface area contributed by atoms with Crippen molar-refractivity contribution in [3.8, 4) is 5.75 Å². The van der Waals surface area contributed by atoms with E-state index >= 15 is 0 Å². The highest BCUT2D eigenvalue weighted by Gasteiger charge is 2.76. The molecule has 0 saturated carbocycles. The fraction of sp³-hybridized carbons (Fsp3) is 0.250. The van der Waals surface area contributed by atoms with E-state index in [1.807, 2.05) is 78.4 Å². The monoisotopic (exact) mass is 571 g/mol. The second-order valence-corrected chi connectivity index (χ2v) is 12.6. The number of benzene rings is 3. The maximum atomic E-state index is 14.9. The van der Waals surface area contributed by atoms with Crippen LogP contribution in [0.2, 0.25) is 0 Å². The largest absolute Gasteiger partial charge is 0.602 e. The number of hydrogen-bond acceptors (Lipinski definition) is 4. The number of aromatic nitrogens is 2. The fourth-order valence-corrected chi connectivity index (χ4v) is 6.43. The van der Waals surface area contributed by atoms with Crippen molar-refractivity contribution >= 4 is 40.3 Å². The summed E-state index contributed by atoms with van der Waals surface area (Å²) in [5.74, 6) is -0.706. The van der Waals surface area contributed by atoms with Crippen LogP contribution >= 0.6 is 0 Å². The Labute approximate surface area is 250 Å². The maximum Gasteiger partial charge on any atom is 0.602 e. The second-order valence-electron chi connectivity index (χ2n) is 12.6. The van der Waals surface area contributed by atoms with Crippen molar-refractivity contribution in [3.05, 3.63) is 114 Å². The quantitative estimate of drug-likeness (QED) is 0.212. The Morgan fingerprint density at radius 2 is 1.63 bits per heavy atom. The van der Waals surface area contributed by atoms with Crippen LogP contribution in [-0.4, -0.2) is 29.3 Å². The van der Waals surface area contributed by atoms with E-state index in [9.17, 15) is 4.79 Å². The molecule has 0 saturated heterocycles. The number of hydrazone groups is 1. The third kappa shape index (κ3) is 4.14. The average Bonchev–Trinajstić information content (AvgIpc) is 3.26. The van der Waals surface area contributed by atoms with Crippen LogP contribution in [-0.2, 0) is 22.4 Å². The molecule has 43 heavy (non-hydrogen) atoms. The van der Waals surface area contributed by atoms with Gasteiger partial charge in [-0.25, -0.2) is 4.79 Å². The lowest BCUT2D eigenvalue weighted by atomic mass is 9.84. The standard InChI is InChI=1S/C36H35N4O3/c1-23-20-24(2)32(28(21-23)35(3,4)5)42-33-34(41)39-18-10-14-26-16-17-27-15-11-19-40(31(27)30(26)39)36(33)38(6)37-29(43-36)22-25-12-8-7-9-13-25/h7-21,33H,6,22H2,1-5H3/q+3. The number of rotatable bonds is 4. The first-order chi connectivity index (χ1) is 20.6. The third-order valence-electron chi connectivity index (χ3n) is 8.40. The first-order valence-corrected chi connectivity index (χ1v) is 14.6. The first kappa shape index (κ1) is 27.0. The Hall–Kier alpha value is -4.91. The summed E-state index contributed by atoms with van der Waals surface area (Å²) in [6, 6.07) is 26.2. The molecule has 0 bridgehead atoms. The van der Waals surface area contributed by atoms with Gasteiger partial charge in [-0.1, -0.05) is 73.4 Å². The second kappa shape index (κ2) is 9.56. The van der Waals surface area contributed by atoms with Crippen molar-refractivity contribution in [2.75, 3.05) is 0 Å². The molecule has 2 aliphatic rings. The molecule has 2 aliphatic heterocycles. The van der Waals surface area contributed by atoms with Crippen LogP contribution in [0.1, 0.15) is 47.8 Å². The topological polar surface area (TPSA) is 58.7 Å². The number of aryl methyl sites for hydroxylation is 2. The van der Waals surface area contributed by atoms with Gasteiger partial charge in [0, 0.05) is 27.5 Å². The van der Waals surface area contributed by atoms with Gasteiger partial charge in [0.05, 0.1) is 17.2 Å². The minimum atomic E-state index is -1.55.